The van der Waals surface area contributed by atoms with Crippen molar-refractivity contribution < 1.29 is 8.42 Å². The zero-order chi connectivity index (χ0) is 17.0. The Morgan fingerprint density at radius 2 is 1.83 bits per heavy atom. The van der Waals surface area contributed by atoms with Crippen LogP contribution in [0.2, 0.25) is 0 Å². The second kappa shape index (κ2) is 7.09. The van der Waals surface area contributed by atoms with Gasteiger partial charge in [0.2, 0.25) is 10.0 Å². The largest absolute Gasteiger partial charge is 0.330 e. The number of aromatic nitrogens is 1. The summed E-state index contributed by atoms with van der Waals surface area (Å²) in [5.41, 5.74) is 6.84. The van der Waals surface area contributed by atoms with E-state index < -0.39 is 10.0 Å². The summed E-state index contributed by atoms with van der Waals surface area (Å²) in [4.78, 5) is 4.29. The van der Waals surface area contributed by atoms with E-state index in [4.69, 9.17) is 5.73 Å². The van der Waals surface area contributed by atoms with Crippen molar-refractivity contribution in [3.63, 3.8) is 0 Å². The topological polar surface area (TPSA) is 85.1 Å². The highest BCUT2D eigenvalue weighted by molar-refractivity contribution is 7.89. The summed E-state index contributed by atoms with van der Waals surface area (Å²) in [6.45, 7) is 0.621. The molecule has 5 nitrogen and oxygen atoms in total. The number of nitrogens with zero attached hydrogens (tertiary/aromatic N) is 1. The van der Waals surface area contributed by atoms with Gasteiger partial charge in [-0.15, -0.1) is 0 Å². The van der Waals surface area contributed by atoms with Gasteiger partial charge in [-0.25, -0.2) is 13.1 Å². The smallest absolute Gasteiger partial charge is 0.241 e. The molecule has 124 valence electrons. The van der Waals surface area contributed by atoms with E-state index in [2.05, 4.69) is 9.71 Å². The number of nitrogens with two attached hydrogens (primary N) is 1. The summed E-state index contributed by atoms with van der Waals surface area (Å²) in [7, 11) is -3.63. The Balaban J connectivity index is 1.86. The molecule has 1 heterocycles. The minimum Gasteiger partial charge on any atom is -0.330 e. The van der Waals surface area contributed by atoms with E-state index in [1.165, 1.54) is 0 Å². The van der Waals surface area contributed by atoms with E-state index in [-0.39, 0.29) is 17.4 Å². The first kappa shape index (κ1) is 16.6. The van der Waals surface area contributed by atoms with Crippen LogP contribution in [0.3, 0.4) is 0 Å². The van der Waals surface area contributed by atoms with Gasteiger partial charge in [0.1, 0.15) is 0 Å². The van der Waals surface area contributed by atoms with Gasteiger partial charge in [0.05, 0.1) is 4.90 Å². The zero-order valence-electron chi connectivity index (χ0n) is 13.1. The normalized spacial score (nSPS) is 13.0. The van der Waals surface area contributed by atoms with Gasteiger partial charge in [-0.3, -0.25) is 4.98 Å². The molecule has 0 fully saturated rings. The van der Waals surface area contributed by atoms with Crippen LogP contribution in [0.4, 0.5) is 0 Å². The number of hydrogen-bond acceptors (Lipinski definition) is 4. The number of rotatable bonds is 6. The van der Waals surface area contributed by atoms with E-state index in [9.17, 15) is 8.42 Å². The van der Waals surface area contributed by atoms with Crippen LogP contribution in [0.5, 0.6) is 0 Å². The Kier molecular flexibility index (Phi) is 4.89. The van der Waals surface area contributed by atoms with Gasteiger partial charge >= 0.3 is 0 Å². The molecule has 0 aliphatic carbocycles. The average molecular weight is 341 g/mol. The number of nitrogens with one attached hydrogen (secondary N) is 1. The second-order valence-electron chi connectivity index (χ2n) is 5.55. The molecule has 1 atom stereocenters. The third-order valence-corrected chi connectivity index (χ3v) is 5.49. The predicted octanol–water partition coefficient (Wildman–Crippen LogP) is 2.26. The van der Waals surface area contributed by atoms with Crippen LogP contribution in [0.1, 0.15) is 11.5 Å². The summed E-state index contributed by atoms with van der Waals surface area (Å²) in [5.74, 6) is -0.0716. The Labute approximate surface area is 141 Å². The highest BCUT2D eigenvalue weighted by Crippen LogP contribution is 2.22. The fourth-order valence-corrected chi connectivity index (χ4v) is 3.99. The molecule has 0 saturated heterocycles. The molecule has 1 unspecified atom stereocenters. The fourth-order valence-electron chi connectivity index (χ4n) is 2.68. The molecule has 3 rings (SSSR count). The maximum Gasteiger partial charge on any atom is 0.241 e. The summed E-state index contributed by atoms with van der Waals surface area (Å²) in [6.07, 6.45) is 3.25. The van der Waals surface area contributed by atoms with Crippen molar-refractivity contribution in [3.8, 4) is 0 Å². The first-order valence-corrected chi connectivity index (χ1v) is 9.17. The highest BCUT2D eigenvalue weighted by Gasteiger charge is 2.19. The lowest BCUT2D eigenvalue weighted by Gasteiger charge is -2.16. The molecule has 0 aliphatic rings. The molecule has 3 aromatic rings. The molecule has 0 saturated carbocycles. The Morgan fingerprint density at radius 3 is 2.58 bits per heavy atom. The molecule has 0 bridgehead atoms. The van der Waals surface area contributed by atoms with E-state index in [0.29, 0.717) is 11.9 Å². The van der Waals surface area contributed by atoms with Crippen LogP contribution in [0.25, 0.3) is 10.8 Å². The second-order valence-corrected chi connectivity index (χ2v) is 7.28. The summed E-state index contributed by atoms with van der Waals surface area (Å²) >= 11 is 0. The summed E-state index contributed by atoms with van der Waals surface area (Å²) in [5, 5.41) is 1.45. The maximum absolute atomic E-state index is 12.7. The summed E-state index contributed by atoms with van der Waals surface area (Å²) in [6, 6.07) is 16.5. The Morgan fingerprint density at radius 1 is 1.04 bits per heavy atom. The first-order valence-electron chi connectivity index (χ1n) is 7.69. The third kappa shape index (κ3) is 3.46. The van der Waals surface area contributed by atoms with Crippen molar-refractivity contribution in [1.29, 1.82) is 0 Å². The first-order chi connectivity index (χ1) is 11.6. The number of hydrogen-bond donors (Lipinski definition) is 2. The van der Waals surface area contributed by atoms with Gasteiger partial charge in [0.25, 0.3) is 0 Å². The van der Waals surface area contributed by atoms with Gasteiger partial charge in [-0.2, -0.15) is 0 Å². The van der Waals surface area contributed by atoms with Gasteiger partial charge in [0.15, 0.2) is 0 Å². The summed E-state index contributed by atoms with van der Waals surface area (Å²) < 4.78 is 28.1. The van der Waals surface area contributed by atoms with Crippen molar-refractivity contribution in [2.45, 2.75) is 10.8 Å². The van der Waals surface area contributed by atoms with Crippen molar-refractivity contribution in [3.05, 3.63) is 72.6 Å². The van der Waals surface area contributed by atoms with Crippen LogP contribution in [-0.2, 0) is 10.0 Å². The van der Waals surface area contributed by atoms with Gasteiger partial charge in [-0.05, 0) is 17.7 Å². The maximum atomic E-state index is 12.7. The third-order valence-electron chi connectivity index (χ3n) is 4.01. The van der Waals surface area contributed by atoms with Crippen LogP contribution >= 0.6 is 0 Å². The van der Waals surface area contributed by atoms with Crippen LogP contribution in [0, 0.1) is 0 Å². The standard InChI is InChI=1S/C18H19N3O2S/c19-11-16(14-5-2-1-3-6-14)13-21-24(22,23)18-8-4-7-15-12-20-10-9-17(15)18/h1-10,12,16,21H,11,13,19H2. The molecular weight excluding hydrogens is 322 g/mol. The number of benzene rings is 2. The Hall–Kier alpha value is -2.28. The van der Waals surface area contributed by atoms with Crippen LogP contribution in [-0.4, -0.2) is 26.5 Å². The van der Waals surface area contributed by atoms with E-state index in [1.54, 1.807) is 30.6 Å². The molecule has 6 heteroatoms. The number of fused-ring (bicyclic) bond motifs is 1. The van der Waals surface area contributed by atoms with Crippen LogP contribution in [0.15, 0.2) is 71.9 Å². The van der Waals surface area contributed by atoms with Gasteiger partial charge in [-0.1, -0.05) is 42.5 Å². The molecule has 0 amide bonds. The predicted molar refractivity (Wildman–Crippen MR) is 95.2 cm³/mol. The minimum atomic E-state index is -3.63. The highest BCUT2D eigenvalue weighted by atomic mass is 32.2. The SMILES string of the molecule is NCC(CNS(=O)(=O)c1cccc2cnccc12)c1ccccc1. The number of pyridine rings is 1. The van der Waals surface area contributed by atoms with Gasteiger partial charge in [0, 0.05) is 42.2 Å². The number of sulfonamides is 1. The van der Waals surface area contributed by atoms with E-state index in [1.807, 2.05) is 36.4 Å². The molecule has 24 heavy (non-hydrogen) atoms. The minimum absolute atomic E-state index is 0.0716. The molecule has 3 N–H and O–H groups in total. The molecule has 0 radical (unpaired) electrons. The lowest BCUT2D eigenvalue weighted by molar-refractivity contribution is 0.571. The average Bonchev–Trinajstić information content (AvgIpc) is 2.62. The lowest BCUT2D eigenvalue weighted by atomic mass is 10.00. The lowest BCUT2D eigenvalue weighted by Crippen LogP contribution is -2.31. The van der Waals surface area contributed by atoms with Crippen molar-refractivity contribution in [2.24, 2.45) is 5.73 Å². The van der Waals surface area contributed by atoms with Crippen molar-refractivity contribution in [1.82, 2.24) is 9.71 Å². The monoisotopic (exact) mass is 341 g/mol. The fraction of sp³-hybridized carbons (Fsp3) is 0.167. The Bertz CT molecular complexity index is 922. The van der Waals surface area contributed by atoms with E-state index >= 15 is 0 Å². The zero-order valence-corrected chi connectivity index (χ0v) is 13.9. The van der Waals surface area contributed by atoms with E-state index in [0.717, 1.165) is 10.9 Å². The molecular formula is C18H19N3O2S. The quantitative estimate of drug-likeness (QED) is 0.720. The molecule has 0 aliphatic heterocycles. The molecule has 0 spiro atoms. The van der Waals surface area contributed by atoms with Crippen molar-refractivity contribution in [2.75, 3.05) is 13.1 Å². The molecule has 2 aromatic carbocycles. The van der Waals surface area contributed by atoms with Crippen LogP contribution < -0.4 is 10.5 Å². The van der Waals surface area contributed by atoms with Gasteiger partial charge < -0.3 is 5.73 Å². The molecule has 1 aromatic heterocycles. The van der Waals surface area contributed by atoms with Crippen molar-refractivity contribution >= 4 is 20.8 Å².